The molecular weight excluding hydrogens is 552 g/mol. The molecule has 0 bridgehead atoms. The second-order valence-electron chi connectivity index (χ2n) is 9.41. The van der Waals surface area contributed by atoms with Crippen molar-refractivity contribution < 1.29 is 4.39 Å². The molecule has 1 atom stereocenters. The third kappa shape index (κ3) is 5.04. The summed E-state index contributed by atoms with van der Waals surface area (Å²) in [7, 11) is 0. The Morgan fingerprint density at radius 2 is 1.85 bits per heavy atom. The second kappa shape index (κ2) is 10.5. The van der Waals surface area contributed by atoms with Gasteiger partial charge in [-0.2, -0.15) is 14.9 Å². The molecule has 2 aromatic heterocycles. The zero-order valence-corrected chi connectivity index (χ0v) is 22.2. The Morgan fingerprint density at radius 1 is 1.02 bits per heavy atom. The Labute approximate surface area is 238 Å². The SMILES string of the molecule is N#Cc1cccc(C(Nc2cc(Cl)c3ncc(C#N)c(Nc4cnc(F)c(Cl)c4)c3c2)C2=CN(C3CC3)NN2)c1. The van der Waals surface area contributed by atoms with E-state index in [1.165, 1.54) is 18.5 Å². The first-order chi connectivity index (χ1) is 19.4. The van der Waals surface area contributed by atoms with E-state index in [0.29, 0.717) is 44.6 Å². The molecule has 4 aromatic rings. The smallest absolute Gasteiger partial charge is 0.231 e. The summed E-state index contributed by atoms with van der Waals surface area (Å²) < 4.78 is 13.7. The largest absolute Gasteiger partial charge is 0.373 e. The average Bonchev–Trinajstić information content (AvgIpc) is 3.70. The number of aromatic nitrogens is 2. The fourth-order valence-corrected chi connectivity index (χ4v) is 4.97. The topological polar surface area (TPSA) is 125 Å². The minimum absolute atomic E-state index is 0.157. The van der Waals surface area contributed by atoms with E-state index in [1.807, 2.05) is 35.5 Å². The summed E-state index contributed by atoms with van der Waals surface area (Å²) in [5.41, 5.74) is 10.9. The molecule has 1 unspecified atom stereocenters. The van der Waals surface area contributed by atoms with Crippen LogP contribution in [0.4, 0.5) is 21.5 Å². The first-order valence-corrected chi connectivity index (χ1v) is 13.1. The van der Waals surface area contributed by atoms with Gasteiger partial charge in [-0.25, -0.2) is 4.98 Å². The van der Waals surface area contributed by atoms with E-state index >= 15 is 0 Å². The van der Waals surface area contributed by atoms with Crippen LogP contribution in [0.15, 0.2) is 66.8 Å². The molecule has 2 aliphatic rings. The standard InChI is InChI=1S/C28H20Cl2FN9/c29-22-8-18(7-21-25(17(11-33)12-34-27(21)22)37-19-9-23(30)28(31)35-13-19)36-26(16-3-1-2-15(6-16)10-32)24-14-40(39-38-24)20-4-5-20/h1-3,6-9,12-14,20,26,36,38-39H,4-5H2,(H,34,37). The third-order valence-electron chi connectivity index (χ3n) is 6.63. The number of nitriles is 2. The van der Waals surface area contributed by atoms with Gasteiger partial charge < -0.3 is 16.1 Å². The Hall–Kier alpha value is -4.61. The third-order valence-corrected chi connectivity index (χ3v) is 7.18. The number of hydrogen-bond acceptors (Lipinski definition) is 9. The number of nitrogens with one attached hydrogen (secondary N) is 4. The molecule has 2 aromatic carbocycles. The van der Waals surface area contributed by atoms with Gasteiger partial charge in [0.15, 0.2) is 0 Å². The van der Waals surface area contributed by atoms with E-state index in [0.717, 1.165) is 24.1 Å². The van der Waals surface area contributed by atoms with Crippen molar-refractivity contribution >= 4 is 51.2 Å². The lowest BCUT2D eigenvalue weighted by molar-refractivity contribution is 0.260. The van der Waals surface area contributed by atoms with E-state index in [1.54, 1.807) is 12.1 Å². The number of benzene rings is 2. The van der Waals surface area contributed by atoms with Gasteiger partial charge in [0.1, 0.15) is 6.07 Å². The lowest BCUT2D eigenvalue weighted by Gasteiger charge is -2.22. The number of hydrogen-bond donors (Lipinski definition) is 4. The molecule has 40 heavy (non-hydrogen) atoms. The number of hydrazine groups is 2. The van der Waals surface area contributed by atoms with Gasteiger partial charge in [-0.1, -0.05) is 35.3 Å². The van der Waals surface area contributed by atoms with Crippen LogP contribution in [0.25, 0.3) is 10.9 Å². The molecular formula is C28H20Cl2FN9. The first-order valence-electron chi connectivity index (χ1n) is 12.3. The van der Waals surface area contributed by atoms with Crippen LogP contribution >= 0.6 is 23.2 Å². The Bertz CT molecular complexity index is 1760. The van der Waals surface area contributed by atoms with Gasteiger partial charge in [0.25, 0.3) is 0 Å². The first kappa shape index (κ1) is 25.7. The molecule has 1 fully saturated rings. The molecule has 0 amide bonds. The van der Waals surface area contributed by atoms with E-state index in [2.05, 4.69) is 43.7 Å². The van der Waals surface area contributed by atoms with E-state index in [9.17, 15) is 14.9 Å². The van der Waals surface area contributed by atoms with Gasteiger partial charge >= 0.3 is 0 Å². The predicted molar refractivity (Wildman–Crippen MR) is 151 cm³/mol. The summed E-state index contributed by atoms with van der Waals surface area (Å²) in [6, 6.07) is 16.7. The highest BCUT2D eigenvalue weighted by Crippen LogP contribution is 2.38. The normalized spacial score (nSPS) is 15.1. The van der Waals surface area contributed by atoms with Crippen molar-refractivity contribution in [3.63, 3.8) is 0 Å². The van der Waals surface area contributed by atoms with Crippen molar-refractivity contribution in [2.24, 2.45) is 0 Å². The van der Waals surface area contributed by atoms with Crippen LogP contribution in [-0.2, 0) is 0 Å². The fourth-order valence-electron chi connectivity index (χ4n) is 4.53. The minimum atomic E-state index is -0.794. The molecule has 9 nitrogen and oxygen atoms in total. The molecule has 0 spiro atoms. The van der Waals surface area contributed by atoms with Crippen LogP contribution in [0.5, 0.6) is 0 Å². The van der Waals surface area contributed by atoms with Crippen LogP contribution in [0.3, 0.4) is 0 Å². The lowest BCUT2D eigenvalue weighted by atomic mass is 10.0. The number of fused-ring (bicyclic) bond motifs is 1. The monoisotopic (exact) mass is 571 g/mol. The molecule has 1 aliphatic carbocycles. The van der Waals surface area contributed by atoms with Crippen molar-refractivity contribution in [1.82, 2.24) is 25.9 Å². The number of anilines is 3. The molecule has 6 rings (SSSR count). The van der Waals surface area contributed by atoms with Crippen molar-refractivity contribution in [1.29, 1.82) is 10.5 Å². The molecule has 12 heteroatoms. The van der Waals surface area contributed by atoms with Crippen LogP contribution in [0.1, 0.15) is 35.6 Å². The van der Waals surface area contributed by atoms with E-state index < -0.39 is 5.95 Å². The minimum Gasteiger partial charge on any atom is -0.373 e. The number of halogens is 3. The van der Waals surface area contributed by atoms with Crippen LogP contribution in [0, 0.1) is 28.6 Å². The van der Waals surface area contributed by atoms with Gasteiger partial charge in [0, 0.05) is 29.5 Å². The Kier molecular flexibility index (Phi) is 6.74. The molecule has 1 aliphatic heterocycles. The number of rotatable bonds is 7. The van der Waals surface area contributed by atoms with Gasteiger partial charge in [-0.05, 0) is 48.7 Å². The van der Waals surface area contributed by atoms with Gasteiger partial charge in [-0.3, -0.25) is 9.99 Å². The predicted octanol–water partition coefficient (Wildman–Crippen LogP) is 6.04. The van der Waals surface area contributed by atoms with E-state index in [4.69, 9.17) is 23.2 Å². The maximum atomic E-state index is 13.7. The lowest BCUT2D eigenvalue weighted by Crippen LogP contribution is -2.38. The second-order valence-corrected chi connectivity index (χ2v) is 10.2. The van der Waals surface area contributed by atoms with Gasteiger partial charge in [0.2, 0.25) is 5.95 Å². The van der Waals surface area contributed by atoms with Crippen molar-refractivity contribution in [3.05, 3.63) is 99.4 Å². The maximum absolute atomic E-state index is 13.7. The van der Waals surface area contributed by atoms with Crippen LogP contribution < -0.4 is 21.6 Å². The average molecular weight is 572 g/mol. The number of nitrogens with zero attached hydrogens (tertiary/aromatic N) is 5. The van der Waals surface area contributed by atoms with Gasteiger partial charge in [-0.15, -0.1) is 5.53 Å². The Morgan fingerprint density at radius 3 is 2.60 bits per heavy atom. The summed E-state index contributed by atoms with van der Waals surface area (Å²) >= 11 is 12.6. The quantitative estimate of drug-likeness (QED) is 0.196. The molecule has 3 heterocycles. The fraction of sp³-hybridized carbons (Fsp3) is 0.143. The highest BCUT2D eigenvalue weighted by molar-refractivity contribution is 6.36. The number of pyridine rings is 2. The van der Waals surface area contributed by atoms with Crippen molar-refractivity contribution in [2.45, 2.75) is 24.9 Å². The zero-order valence-electron chi connectivity index (χ0n) is 20.7. The summed E-state index contributed by atoms with van der Waals surface area (Å²) in [6.45, 7) is 0. The van der Waals surface area contributed by atoms with Crippen molar-refractivity contribution in [3.8, 4) is 12.1 Å². The summed E-state index contributed by atoms with van der Waals surface area (Å²) in [6.07, 6.45) is 6.95. The summed E-state index contributed by atoms with van der Waals surface area (Å²) in [5, 5.41) is 28.8. The summed E-state index contributed by atoms with van der Waals surface area (Å²) in [5.74, 6) is -0.794. The molecule has 1 saturated carbocycles. The Balaban J connectivity index is 1.43. The highest BCUT2D eigenvalue weighted by Gasteiger charge is 2.32. The summed E-state index contributed by atoms with van der Waals surface area (Å²) in [4.78, 5) is 8.06. The van der Waals surface area contributed by atoms with Crippen LogP contribution in [-0.4, -0.2) is 21.0 Å². The molecule has 198 valence electrons. The molecule has 0 radical (unpaired) electrons. The maximum Gasteiger partial charge on any atom is 0.231 e. The van der Waals surface area contributed by atoms with Crippen molar-refractivity contribution in [2.75, 3.05) is 10.6 Å². The molecule has 4 N–H and O–H groups in total. The van der Waals surface area contributed by atoms with E-state index in [-0.39, 0.29) is 16.6 Å². The van der Waals surface area contributed by atoms with Crippen LogP contribution in [0.2, 0.25) is 10.0 Å². The molecule has 0 saturated heterocycles. The van der Waals surface area contributed by atoms with Gasteiger partial charge in [0.05, 0.1) is 62.1 Å². The zero-order chi connectivity index (χ0) is 27.8. The highest BCUT2D eigenvalue weighted by atomic mass is 35.5.